The summed E-state index contributed by atoms with van der Waals surface area (Å²) in [6, 6.07) is 3.60. The van der Waals surface area contributed by atoms with Gasteiger partial charge in [0.2, 0.25) is 0 Å². The molecule has 0 atom stereocenters. The van der Waals surface area contributed by atoms with E-state index in [2.05, 4.69) is 67.8 Å². The summed E-state index contributed by atoms with van der Waals surface area (Å²) in [5.41, 5.74) is 0.806. The van der Waals surface area contributed by atoms with Crippen molar-refractivity contribution < 1.29 is 9.53 Å². The van der Waals surface area contributed by atoms with E-state index in [0.717, 1.165) is 12.2 Å². The van der Waals surface area contributed by atoms with Crippen LogP contribution in [0.1, 0.15) is 69.9 Å². The molecule has 1 aromatic rings. The number of nitrogens with zero attached hydrogens (tertiary/aromatic N) is 4. The third-order valence-corrected chi connectivity index (χ3v) is 5.23. The molecule has 1 amide bonds. The van der Waals surface area contributed by atoms with Gasteiger partial charge in [0.1, 0.15) is 0 Å². The number of alkyl halides is 2. The number of aromatic nitrogens is 1. The largest absolute Gasteiger partial charge is 0.414 e. The molecule has 0 radical (unpaired) electrons. The lowest BCUT2D eigenvalue weighted by molar-refractivity contribution is 0.170. The Hall–Kier alpha value is -0.700. The molecule has 0 spiro atoms. The highest BCUT2D eigenvalue weighted by atomic mass is 79.9. The monoisotopic (exact) mass is 608 g/mol. The van der Waals surface area contributed by atoms with Gasteiger partial charge in [0, 0.05) is 26.8 Å². The minimum atomic E-state index is -0.375. The van der Waals surface area contributed by atoms with Gasteiger partial charge in [-0.3, -0.25) is 4.98 Å². The first-order valence-electron chi connectivity index (χ1n) is 12.3. The highest BCUT2D eigenvalue weighted by Crippen LogP contribution is 2.18. The van der Waals surface area contributed by atoms with Crippen LogP contribution in [0.3, 0.4) is 0 Å². The SMILES string of the molecule is CBr.CBr.CN(C)CCCCCCCCCCCCN(C)Cc1ncccc1OC(=O)N(C)C. The summed E-state index contributed by atoms with van der Waals surface area (Å²) in [7, 11) is 9.75. The number of hydrogen-bond donors (Lipinski definition) is 0. The normalized spacial score (nSPS) is 10.3. The van der Waals surface area contributed by atoms with E-state index in [4.69, 9.17) is 4.74 Å². The molecule has 200 valence electrons. The van der Waals surface area contributed by atoms with E-state index < -0.39 is 0 Å². The van der Waals surface area contributed by atoms with Gasteiger partial charge in [-0.25, -0.2) is 4.79 Å². The van der Waals surface area contributed by atoms with Gasteiger partial charge in [-0.2, -0.15) is 0 Å². The van der Waals surface area contributed by atoms with Crippen molar-refractivity contribution in [2.45, 2.75) is 70.8 Å². The fourth-order valence-corrected chi connectivity index (χ4v) is 3.38. The van der Waals surface area contributed by atoms with Crippen LogP contribution in [0.2, 0.25) is 0 Å². The number of halogens is 2. The number of amides is 1. The van der Waals surface area contributed by atoms with Crippen LogP contribution in [-0.2, 0) is 6.54 Å². The molecule has 0 fully saturated rings. The van der Waals surface area contributed by atoms with Crippen LogP contribution in [0.5, 0.6) is 5.75 Å². The lowest BCUT2D eigenvalue weighted by Crippen LogP contribution is -2.26. The minimum Gasteiger partial charge on any atom is -0.408 e. The van der Waals surface area contributed by atoms with E-state index in [1.807, 2.05) is 11.7 Å². The number of ether oxygens (including phenoxy) is 1. The van der Waals surface area contributed by atoms with Crippen molar-refractivity contribution in [3.8, 4) is 5.75 Å². The molecule has 0 N–H and O–H groups in total. The van der Waals surface area contributed by atoms with E-state index in [1.165, 1.54) is 75.7 Å². The van der Waals surface area contributed by atoms with Crippen LogP contribution in [-0.4, -0.2) is 85.8 Å². The highest BCUT2D eigenvalue weighted by Gasteiger charge is 2.13. The smallest absolute Gasteiger partial charge is 0.408 e. The first kappa shape index (κ1) is 35.5. The molecular weight excluding hydrogens is 560 g/mol. The van der Waals surface area contributed by atoms with Gasteiger partial charge in [0.05, 0.1) is 5.69 Å². The molecule has 0 aromatic carbocycles. The fraction of sp³-hybridized carbons (Fsp3) is 0.769. The zero-order valence-electron chi connectivity index (χ0n) is 22.8. The molecule has 1 heterocycles. The van der Waals surface area contributed by atoms with Gasteiger partial charge in [-0.15, -0.1) is 0 Å². The summed E-state index contributed by atoms with van der Waals surface area (Å²) in [5, 5.41) is 0. The molecular formula is C26H50Br2N4O2. The quantitative estimate of drug-likeness (QED) is 0.148. The number of unbranched alkanes of at least 4 members (excludes halogenated alkanes) is 9. The number of carbonyl (C=O) groups excluding carboxylic acids is 1. The minimum absolute atomic E-state index is 0.375. The number of rotatable bonds is 16. The molecule has 0 aliphatic rings. The van der Waals surface area contributed by atoms with Crippen LogP contribution < -0.4 is 4.74 Å². The van der Waals surface area contributed by atoms with Crippen molar-refractivity contribution in [3.63, 3.8) is 0 Å². The Morgan fingerprint density at radius 2 is 1.26 bits per heavy atom. The molecule has 1 aromatic heterocycles. The van der Waals surface area contributed by atoms with Crippen molar-refractivity contribution in [1.82, 2.24) is 19.7 Å². The summed E-state index contributed by atoms with van der Waals surface area (Å²) in [4.78, 5) is 22.2. The number of carbonyl (C=O) groups is 1. The van der Waals surface area contributed by atoms with Gasteiger partial charge in [0.15, 0.2) is 5.75 Å². The molecule has 0 saturated heterocycles. The summed E-state index contributed by atoms with van der Waals surface area (Å²) in [5.74, 6) is 4.17. The third-order valence-electron chi connectivity index (χ3n) is 5.23. The maximum absolute atomic E-state index is 11.8. The van der Waals surface area contributed by atoms with Gasteiger partial charge < -0.3 is 19.4 Å². The van der Waals surface area contributed by atoms with Crippen LogP contribution in [0, 0.1) is 0 Å². The number of hydrogen-bond acceptors (Lipinski definition) is 5. The fourth-order valence-electron chi connectivity index (χ4n) is 3.38. The summed E-state index contributed by atoms with van der Waals surface area (Å²) >= 11 is 5.88. The average Bonchev–Trinajstić information content (AvgIpc) is 2.83. The first-order chi connectivity index (χ1) is 16.4. The molecule has 34 heavy (non-hydrogen) atoms. The van der Waals surface area contributed by atoms with Crippen molar-refractivity contribution in [2.75, 3.05) is 60.0 Å². The highest BCUT2D eigenvalue weighted by molar-refractivity contribution is 9.09. The molecule has 0 bridgehead atoms. The lowest BCUT2D eigenvalue weighted by Gasteiger charge is -2.18. The Morgan fingerprint density at radius 1 is 0.794 bits per heavy atom. The Balaban J connectivity index is 0. The molecule has 6 nitrogen and oxygen atoms in total. The van der Waals surface area contributed by atoms with Crippen LogP contribution in [0.4, 0.5) is 4.79 Å². The second kappa shape index (κ2) is 25.4. The van der Waals surface area contributed by atoms with Crippen molar-refractivity contribution >= 4 is 38.0 Å². The second-order valence-corrected chi connectivity index (χ2v) is 8.79. The Bertz CT molecular complexity index is 590. The molecule has 8 heteroatoms. The van der Waals surface area contributed by atoms with E-state index in [9.17, 15) is 4.79 Å². The predicted molar refractivity (Wildman–Crippen MR) is 155 cm³/mol. The van der Waals surface area contributed by atoms with E-state index in [0.29, 0.717) is 12.3 Å². The van der Waals surface area contributed by atoms with E-state index in [1.54, 1.807) is 32.4 Å². The number of pyridine rings is 1. The summed E-state index contributed by atoms with van der Waals surface area (Å²) in [6.07, 6.45) is 14.8. The second-order valence-electron chi connectivity index (χ2n) is 8.79. The van der Waals surface area contributed by atoms with Gasteiger partial charge in [-0.05, 0) is 70.9 Å². The first-order valence-corrected chi connectivity index (χ1v) is 15.5. The standard InChI is InChI=1S/C24H44N4O2.2CH3Br/c1-26(2)19-14-12-10-8-6-7-9-11-13-15-20-28(5)21-22-23(17-16-18-25-22)30-24(29)27(3)4;2*1-2/h16-18H,6-15,19-21H2,1-5H3;2*1H3. The van der Waals surface area contributed by atoms with E-state index >= 15 is 0 Å². The lowest BCUT2D eigenvalue weighted by atomic mass is 10.1. The van der Waals surface area contributed by atoms with Gasteiger partial charge in [0.25, 0.3) is 0 Å². The third kappa shape index (κ3) is 20.7. The molecule has 0 aliphatic carbocycles. The van der Waals surface area contributed by atoms with Crippen LogP contribution >= 0.6 is 31.9 Å². The zero-order valence-corrected chi connectivity index (χ0v) is 26.0. The van der Waals surface area contributed by atoms with Crippen LogP contribution in [0.15, 0.2) is 18.3 Å². The Morgan fingerprint density at radius 3 is 1.74 bits per heavy atom. The summed E-state index contributed by atoms with van der Waals surface area (Å²) in [6.45, 7) is 2.94. The average molecular weight is 611 g/mol. The topological polar surface area (TPSA) is 48.9 Å². The van der Waals surface area contributed by atoms with Crippen LogP contribution in [0.25, 0.3) is 0 Å². The maximum atomic E-state index is 11.8. The zero-order chi connectivity index (χ0) is 26.2. The molecule has 0 unspecified atom stereocenters. The van der Waals surface area contributed by atoms with Crippen molar-refractivity contribution in [2.24, 2.45) is 0 Å². The van der Waals surface area contributed by atoms with Gasteiger partial charge >= 0.3 is 6.09 Å². The molecule has 0 saturated carbocycles. The van der Waals surface area contributed by atoms with Crippen molar-refractivity contribution in [1.29, 1.82) is 0 Å². The summed E-state index contributed by atoms with van der Waals surface area (Å²) < 4.78 is 5.43. The predicted octanol–water partition coefficient (Wildman–Crippen LogP) is 7.06. The van der Waals surface area contributed by atoms with Gasteiger partial charge in [-0.1, -0.05) is 83.2 Å². The van der Waals surface area contributed by atoms with Crippen molar-refractivity contribution in [3.05, 3.63) is 24.0 Å². The molecule has 1 rings (SSSR count). The molecule has 0 aliphatic heterocycles. The Labute approximate surface area is 227 Å². The Kier molecular flexibility index (Phi) is 26.5. The van der Waals surface area contributed by atoms with E-state index in [-0.39, 0.29) is 6.09 Å². The maximum Gasteiger partial charge on any atom is 0.414 e.